The average Bonchev–Trinajstić information content (AvgIpc) is 2.70. The minimum Gasteiger partial charge on any atom is -0.493 e. The van der Waals surface area contributed by atoms with Crippen molar-refractivity contribution < 1.29 is 33.8 Å². The molecule has 0 atom stereocenters. The Morgan fingerprint density at radius 3 is 2.60 bits per heavy atom. The molecule has 30 heavy (non-hydrogen) atoms. The van der Waals surface area contributed by atoms with Crippen molar-refractivity contribution in [1.29, 1.82) is 0 Å². The lowest BCUT2D eigenvalue weighted by molar-refractivity contribution is -0.139. The fraction of sp³-hybridized carbons (Fsp3) is 0.400. The molecule has 0 bridgehead atoms. The molecule has 10 heteroatoms. The SMILES string of the molecule is COc1cc(C=C2C(=O)NC(=O)N(C3CCCCC3)C2=O)cc(I)c1OCC(=O)O. The number of urea groups is 1. The van der Waals surface area contributed by atoms with Gasteiger partial charge in [-0.15, -0.1) is 0 Å². The molecule has 2 aliphatic rings. The van der Waals surface area contributed by atoms with Crippen LogP contribution < -0.4 is 14.8 Å². The zero-order valence-corrected chi connectivity index (χ0v) is 18.4. The van der Waals surface area contributed by atoms with Gasteiger partial charge in [0.05, 0.1) is 10.7 Å². The van der Waals surface area contributed by atoms with Gasteiger partial charge in [-0.2, -0.15) is 0 Å². The molecular formula is C20H21IN2O7. The Hall–Kier alpha value is -2.63. The lowest BCUT2D eigenvalue weighted by Crippen LogP contribution is -2.58. The number of aliphatic carboxylic acids is 1. The Morgan fingerprint density at radius 2 is 1.97 bits per heavy atom. The van der Waals surface area contributed by atoms with Gasteiger partial charge in [0.1, 0.15) is 5.57 Å². The van der Waals surface area contributed by atoms with E-state index in [4.69, 9.17) is 14.6 Å². The molecule has 1 saturated heterocycles. The maximum Gasteiger partial charge on any atom is 0.341 e. The summed E-state index contributed by atoms with van der Waals surface area (Å²) in [5.74, 6) is -1.98. The number of carbonyl (C=O) groups excluding carboxylic acids is 3. The molecule has 0 radical (unpaired) electrons. The van der Waals surface area contributed by atoms with Crippen LogP contribution in [0.2, 0.25) is 0 Å². The number of methoxy groups -OCH3 is 1. The molecule has 1 aliphatic heterocycles. The van der Waals surface area contributed by atoms with E-state index in [1.165, 1.54) is 19.3 Å². The van der Waals surface area contributed by atoms with Gasteiger partial charge < -0.3 is 14.6 Å². The van der Waals surface area contributed by atoms with E-state index in [2.05, 4.69) is 5.32 Å². The summed E-state index contributed by atoms with van der Waals surface area (Å²) < 4.78 is 11.1. The van der Waals surface area contributed by atoms with Gasteiger partial charge in [-0.05, 0) is 59.2 Å². The van der Waals surface area contributed by atoms with Crippen LogP contribution in [0.25, 0.3) is 6.08 Å². The highest BCUT2D eigenvalue weighted by Gasteiger charge is 2.40. The fourth-order valence-corrected chi connectivity index (χ4v) is 4.39. The molecule has 0 spiro atoms. The van der Waals surface area contributed by atoms with Gasteiger partial charge in [0.15, 0.2) is 18.1 Å². The summed E-state index contributed by atoms with van der Waals surface area (Å²) >= 11 is 1.95. The lowest BCUT2D eigenvalue weighted by Gasteiger charge is -2.35. The van der Waals surface area contributed by atoms with E-state index in [1.807, 2.05) is 22.6 Å². The summed E-state index contributed by atoms with van der Waals surface area (Å²) in [6, 6.07) is 2.27. The third-order valence-corrected chi connectivity index (χ3v) is 5.78. The van der Waals surface area contributed by atoms with Crippen LogP contribution in [0.5, 0.6) is 11.5 Å². The summed E-state index contributed by atoms with van der Waals surface area (Å²) in [6.45, 7) is -0.536. The highest BCUT2D eigenvalue weighted by molar-refractivity contribution is 14.1. The third kappa shape index (κ3) is 4.74. The van der Waals surface area contributed by atoms with E-state index in [1.54, 1.807) is 6.07 Å². The number of rotatable bonds is 6. The average molecular weight is 528 g/mol. The molecule has 0 unspecified atom stereocenters. The Kier molecular flexibility index (Phi) is 6.95. The quantitative estimate of drug-likeness (QED) is 0.331. The number of hydrogen-bond donors (Lipinski definition) is 2. The first-order valence-corrected chi connectivity index (χ1v) is 10.5. The van der Waals surface area contributed by atoms with Crippen molar-refractivity contribution in [3.05, 3.63) is 26.8 Å². The van der Waals surface area contributed by atoms with Gasteiger partial charge in [-0.1, -0.05) is 19.3 Å². The number of hydrogen-bond acceptors (Lipinski definition) is 6. The van der Waals surface area contributed by atoms with Crippen molar-refractivity contribution in [1.82, 2.24) is 10.2 Å². The number of imide groups is 2. The van der Waals surface area contributed by atoms with Gasteiger partial charge >= 0.3 is 12.0 Å². The molecule has 9 nitrogen and oxygen atoms in total. The number of nitrogens with one attached hydrogen (secondary N) is 1. The summed E-state index contributed by atoms with van der Waals surface area (Å²) in [5, 5.41) is 11.1. The highest BCUT2D eigenvalue weighted by atomic mass is 127. The van der Waals surface area contributed by atoms with Crippen LogP contribution in [0.4, 0.5) is 4.79 Å². The summed E-state index contributed by atoms with van der Waals surface area (Å²) in [6.07, 6.45) is 5.77. The van der Waals surface area contributed by atoms with Gasteiger partial charge in [0, 0.05) is 6.04 Å². The lowest BCUT2D eigenvalue weighted by atomic mass is 9.93. The Bertz CT molecular complexity index is 922. The second kappa shape index (κ2) is 9.45. The number of nitrogens with zero attached hydrogens (tertiary/aromatic N) is 1. The number of benzene rings is 1. The van der Waals surface area contributed by atoms with E-state index >= 15 is 0 Å². The van der Waals surface area contributed by atoms with Crippen LogP contribution >= 0.6 is 22.6 Å². The predicted octanol–water partition coefficient (Wildman–Crippen LogP) is 2.56. The molecule has 2 N–H and O–H groups in total. The van der Waals surface area contributed by atoms with Crippen LogP contribution in [-0.2, 0) is 14.4 Å². The zero-order chi connectivity index (χ0) is 21.8. The van der Waals surface area contributed by atoms with E-state index in [0.29, 0.717) is 9.13 Å². The maximum absolute atomic E-state index is 13.0. The molecular weight excluding hydrogens is 507 g/mol. The van der Waals surface area contributed by atoms with Crippen molar-refractivity contribution in [2.45, 2.75) is 38.1 Å². The normalized spacial score (nSPS) is 19.1. The first-order valence-electron chi connectivity index (χ1n) is 9.44. The maximum atomic E-state index is 13.0. The second-order valence-corrected chi connectivity index (χ2v) is 8.16. The number of carbonyl (C=O) groups is 4. The van der Waals surface area contributed by atoms with Gasteiger partial charge in [0.2, 0.25) is 0 Å². The van der Waals surface area contributed by atoms with Crippen molar-refractivity contribution >= 4 is 52.5 Å². The number of ether oxygens (including phenoxy) is 2. The summed E-state index contributed by atoms with van der Waals surface area (Å²) in [4.78, 5) is 49.6. The molecule has 160 valence electrons. The first-order chi connectivity index (χ1) is 14.3. The smallest absolute Gasteiger partial charge is 0.341 e. The Balaban J connectivity index is 1.93. The van der Waals surface area contributed by atoms with E-state index in [-0.39, 0.29) is 23.1 Å². The van der Waals surface area contributed by atoms with Crippen molar-refractivity contribution in [2.24, 2.45) is 0 Å². The number of amides is 4. The fourth-order valence-electron chi connectivity index (χ4n) is 3.61. The van der Waals surface area contributed by atoms with Crippen molar-refractivity contribution in [2.75, 3.05) is 13.7 Å². The molecule has 1 aromatic carbocycles. The second-order valence-electron chi connectivity index (χ2n) is 7.00. The van der Waals surface area contributed by atoms with Crippen molar-refractivity contribution in [3.8, 4) is 11.5 Å². The molecule has 1 heterocycles. The third-order valence-electron chi connectivity index (χ3n) is 4.98. The summed E-state index contributed by atoms with van der Waals surface area (Å²) in [7, 11) is 1.40. The molecule has 1 aromatic rings. The van der Waals surface area contributed by atoms with E-state index < -0.39 is 30.4 Å². The number of carboxylic acid groups (broad SMARTS) is 1. The molecule has 1 saturated carbocycles. The van der Waals surface area contributed by atoms with Gasteiger partial charge in [-0.25, -0.2) is 9.59 Å². The Labute approximate surface area is 186 Å². The van der Waals surface area contributed by atoms with Crippen LogP contribution in [0.3, 0.4) is 0 Å². The van der Waals surface area contributed by atoms with Gasteiger partial charge in [-0.3, -0.25) is 19.8 Å². The van der Waals surface area contributed by atoms with Crippen LogP contribution in [0, 0.1) is 3.57 Å². The largest absolute Gasteiger partial charge is 0.493 e. The monoisotopic (exact) mass is 528 g/mol. The minimum atomic E-state index is -1.13. The first kappa shape index (κ1) is 22.1. The van der Waals surface area contributed by atoms with Crippen molar-refractivity contribution in [3.63, 3.8) is 0 Å². The van der Waals surface area contributed by atoms with Gasteiger partial charge in [0.25, 0.3) is 11.8 Å². The van der Waals surface area contributed by atoms with Crippen LogP contribution in [-0.4, -0.2) is 53.6 Å². The van der Waals surface area contributed by atoms with Crippen LogP contribution in [0.1, 0.15) is 37.7 Å². The highest BCUT2D eigenvalue weighted by Crippen LogP contribution is 2.35. The standard InChI is InChI=1S/C20H21IN2O7/c1-29-15-9-11(8-14(21)17(15)30-10-16(24)25)7-13-18(26)22-20(28)23(19(13)27)12-5-3-2-4-6-12/h7-9,12H,2-6,10H2,1H3,(H,24,25)(H,22,26,28). The molecule has 1 aliphatic carbocycles. The Morgan fingerprint density at radius 1 is 1.27 bits per heavy atom. The molecule has 0 aromatic heterocycles. The molecule has 3 rings (SSSR count). The number of carboxylic acids is 1. The minimum absolute atomic E-state index is 0.141. The van der Waals surface area contributed by atoms with E-state index in [0.717, 1.165) is 37.0 Å². The molecule has 2 fully saturated rings. The zero-order valence-electron chi connectivity index (χ0n) is 16.3. The van der Waals surface area contributed by atoms with Crippen LogP contribution in [0.15, 0.2) is 17.7 Å². The van der Waals surface area contributed by atoms with E-state index in [9.17, 15) is 19.2 Å². The number of barbiturate groups is 1. The summed E-state index contributed by atoms with van der Waals surface area (Å²) in [5.41, 5.74) is 0.340. The number of halogens is 1. The predicted molar refractivity (Wildman–Crippen MR) is 114 cm³/mol. The topological polar surface area (TPSA) is 122 Å². The molecule has 4 amide bonds.